The first-order valence-corrected chi connectivity index (χ1v) is 10.7. The van der Waals surface area contributed by atoms with E-state index in [1.54, 1.807) is 0 Å². The Morgan fingerprint density at radius 3 is 2.32 bits per heavy atom. The van der Waals surface area contributed by atoms with Crippen LogP contribution in [0.2, 0.25) is 0 Å². The van der Waals surface area contributed by atoms with Crippen molar-refractivity contribution in [1.29, 1.82) is 0 Å². The van der Waals surface area contributed by atoms with Gasteiger partial charge in [0.2, 0.25) is 0 Å². The van der Waals surface area contributed by atoms with E-state index in [0.717, 1.165) is 11.8 Å². The second kappa shape index (κ2) is 7.85. The van der Waals surface area contributed by atoms with Crippen LogP contribution >= 0.6 is 0 Å². The van der Waals surface area contributed by atoms with Gasteiger partial charge in [0.1, 0.15) is 0 Å². The number of rotatable bonds is 6. The number of hydrogen-bond acceptors (Lipinski definition) is 0. The van der Waals surface area contributed by atoms with Crippen molar-refractivity contribution >= 4 is 0 Å². The minimum Gasteiger partial charge on any atom is -0.103 e. The minimum absolute atomic E-state index is 0.248. The minimum atomic E-state index is 0.248. The van der Waals surface area contributed by atoms with E-state index in [4.69, 9.17) is 0 Å². The lowest BCUT2D eigenvalue weighted by Crippen LogP contribution is -2.43. The van der Waals surface area contributed by atoms with Crippen LogP contribution in [0.15, 0.2) is 37.0 Å². The maximum absolute atomic E-state index is 4.66. The van der Waals surface area contributed by atoms with Crippen LogP contribution in [-0.4, -0.2) is 0 Å². The van der Waals surface area contributed by atoms with Gasteiger partial charge in [-0.3, -0.25) is 0 Å². The third-order valence-electron chi connectivity index (χ3n) is 8.57. The molecule has 0 N–H and O–H groups in total. The van der Waals surface area contributed by atoms with E-state index in [1.165, 1.54) is 62.5 Å². The molecule has 0 aromatic rings. The van der Waals surface area contributed by atoms with Gasteiger partial charge >= 0.3 is 0 Å². The zero-order valence-electron chi connectivity index (χ0n) is 17.7. The highest BCUT2D eigenvalue weighted by atomic mass is 14.5. The average Bonchev–Trinajstić information content (AvgIpc) is 2.58. The zero-order valence-corrected chi connectivity index (χ0v) is 17.7. The summed E-state index contributed by atoms with van der Waals surface area (Å²) in [6.07, 6.45) is 12.7. The Balaban J connectivity index is 2.27. The van der Waals surface area contributed by atoms with E-state index in [-0.39, 0.29) is 5.41 Å². The number of hydrogen-bond donors (Lipinski definition) is 0. The molecule has 0 amide bonds. The molecule has 142 valence electrons. The van der Waals surface area contributed by atoms with Crippen molar-refractivity contribution in [3.8, 4) is 0 Å². The van der Waals surface area contributed by atoms with Crippen molar-refractivity contribution in [1.82, 2.24) is 0 Å². The highest BCUT2D eigenvalue weighted by Gasteiger charge is 2.47. The Kier molecular flexibility index (Phi) is 6.45. The summed E-state index contributed by atoms with van der Waals surface area (Å²) in [5.74, 6) is 2.73. The lowest BCUT2D eigenvalue weighted by molar-refractivity contribution is 0.0561. The molecule has 0 saturated heterocycles. The van der Waals surface area contributed by atoms with Gasteiger partial charge in [-0.15, -0.1) is 6.58 Å². The van der Waals surface area contributed by atoms with Crippen molar-refractivity contribution in [3.05, 3.63) is 37.0 Å². The summed E-state index contributed by atoms with van der Waals surface area (Å²) in [7, 11) is 0. The Morgan fingerprint density at radius 2 is 1.80 bits per heavy atom. The van der Waals surface area contributed by atoms with E-state index in [1.807, 2.05) is 0 Å². The van der Waals surface area contributed by atoms with Gasteiger partial charge in [-0.25, -0.2) is 0 Å². The van der Waals surface area contributed by atoms with Crippen molar-refractivity contribution in [3.63, 3.8) is 0 Å². The fourth-order valence-electron chi connectivity index (χ4n) is 6.12. The second-order valence-electron chi connectivity index (χ2n) is 9.60. The Bertz CT molecular complexity index is 512. The molecule has 6 unspecified atom stereocenters. The molecule has 2 aliphatic carbocycles. The summed E-state index contributed by atoms with van der Waals surface area (Å²) < 4.78 is 0. The largest absolute Gasteiger partial charge is 0.103 e. The lowest BCUT2D eigenvalue weighted by atomic mass is 9.53. The van der Waals surface area contributed by atoms with E-state index >= 15 is 0 Å². The quantitative estimate of drug-likeness (QED) is 0.429. The van der Waals surface area contributed by atoms with E-state index in [2.05, 4.69) is 60.4 Å². The van der Waals surface area contributed by atoms with Gasteiger partial charge in [0, 0.05) is 0 Å². The third-order valence-corrected chi connectivity index (χ3v) is 8.57. The molecule has 2 rings (SSSR count). The molecular formula is C25H42. The molecule has 0 aromatic heterocycles. The van der Waals surface area contributed by atoms with Crippen molar-refractivity contribution in [2.75, 3.05) is 0 Å². The van der Waals surface area contributed by atoms with E-state index in [0.29, 0.717) is 17.3 Å². The summed E-state index contributed by atoms with van der Waals surface area (Å²) in [6, 6.07) is 0. The molecule has 0 spiro atoms. The Hall–Kier alpha value is -0.780. The van der Waals surface area contributed by atoms with Crippen molar-refractivity contribution < 1.29 is 0 Å². The summed E-state index contributed by atoms with van der Waals surface area (Å²) >= 11 is 0. The first-order chi connectivity index (χ1) is 11.7. The van der Waals surface area contributed by atoms with Gasteiger partial charge in [-0.1, -0.05) is 70.9 Å². The van der Waals surface area contributed by atoms with Gasteiger partial charge in [0.15, 0.2) is 0 Å². The second-order valence-corrected chi connectivity index (χ2v) is 9.60. The predicted molar refractivity (Wildman–Crippen MR) is 113 cm³/mol. The standard InChI is InChI=1S/C25H42/c1-9-23-22(19(5)14-16-25(23,10-2)18(3)4)17-21(7)24(8)15-12-11-13-20(24)6/h9,19-20,22-23H,1,3,7,10-17H2,2,4-6,8H3. The molecule has 0 bridgehead atoms. The van der Waals surface area contributed by atoms with Crippen LogP contribution in [0.5, 0.6) is 0 Å². The third kappa shape index (κ3) is 3.56. The fourth-order valence-corrected chi connectivity index (χ4v) is 6.12. The van der Waals surface area contributed by atoms with Gasteiger partial charge in [-0.05, 0) is 80.0 Å². The van der Waals surface area contributed by atoms with Crippen LogP contribution < -0.4 is 0 Å². The van der Waals surface area contributed by atoms with E-state index in [9.17, 15) is 0 Å². The average molecular weight is 343 g/mol. The van der Waals surface area contributed by atoms with Crippen LogP contribution in [-0.2, 0) is 0 Å². The number of allylic oxidation sites excluding steroid dienone is 3. The molecule has 0 heteroatoms. The molecule has 0 nitrogen and oxygen atoms in total. The molecular weight excluding hydrogens is 300 g/mol. The normalized spacial score (nSPS) is 42.0. The molecule has 0 aliphatic heterocycles. The topological polar surface area (TPSA) is 0 Å². The van der Waals surface area contributed by atoms with Gasteiger partial charge in [0.25, 0.3) is 0 Å². The van der Waals surface area contributed by atoms with Gasteiger partial charge in [-0.2, -0.15) is 0 Å². The molecule has 0 radical (unpaired) electrons. The van der Waals surface area contributed by atoms with Crippen LogP contribution in [0.25, 0.3) is 0 Å². The summed E-state index contributed by atoms with van der Waals surface area (Å²) in [4.78, 5) is 0. The molecule has 2 saturated carbocycles. The molecule has 2 aliphatic rings. The maximum atomic E-state index is 4.66. The fraction of sp³-hybridized carbons (Fsp3) is 0.760. The van der Waals surface area contributed by atoms with E-state index < -0.39 is 0 Å². The molecule has 25 heavy (non-hydrogen) atoms. The SMILES string of the molecule is C=CC1C(CC(=C)C2(C)CCCCC2C)C(C)CCC1(CC)C(=C)C. The van der Waals surface area contributed by atoms with Crippen LogP contribution in [0, 0.1) is 34.5 Å². The maximum Gasteiger partial charge on any atom is -0.00306 e. The van der Waals surface area contributed by atoms with Crippen LogP contribution in [0.3, 0.4) is 0 Å². The first-order valence-electron chi connectivity index (χ1n) is 10.7. The lowest BCUT2D eigenvalue weighted by Gasteiger charge is -2.52. The summed E-state index contributed by atoms with van der Waals surface area (Å²) in [5, 5.41) is 0. The van der Waals surface area contributed by atoms with Gasteiger partial charge < -0.3 is 0 Å². The highest BCUT2D eigenvalue weighted by Crippen LogP contribution is 2.56. The molecule has 2 fully saturated rings. The molecule has 6 atom stereocenters. The first kappa shape index (κ1) is 20.5. The zero-order chi connectivity index (χ0) is 18.8. The Labute approximate surface area is 157 Å². The monoisotopic (exact) mass is 342 g/mol. The predicted octanol–water partition coefficient (Wildman–Crippen LogP) is 7.97. The van der Waals surface area contributed by atoms with Gasteiger partial charge in [0.05, 0.1) is 0 Å². The summed E-state index contributed by atoms with van der Waals surface area (Å²) in [5.41, 5.74) is 3.45. The molecule has 0 heterocycles. The highest BCUT2D eigenvalue weighted by molar-refractivity contribution is 5.20. The summed E-state index contributed by atoms with van der Waals surface area (Å²) in [6.45, 7) is 25.3. The van der Waals surface area contributed by atoms with Crippen molar-refractivity contribution in [2.45, 2.75) is 86.0 Å². The van der Waals surface area contributed by atoms with Crippen molar-refractivity contribution in [2.24, 2.45) is 34.5 Å². The van der Waals surface area contributed by atoms with Crippen LogP contribution in [0.1, 0.15) is 86.0 Å². The smallest absolute Gasteiger partial charge is 0.00306 e. The Morgan fingerprint density at radius 1 is 1.12 bits per heavy atom. The van der Waals surface area contributed by atoms with Crippen LogP contribution in [0.4, 0.5) is 0 Å². The molecule has 0 aromatic carbocycles.